The summed E-state index contributed by atoms with van der Waals surface area (Å²) < 4.78 is 5.56. The molecule has 1 unspecified atom stereocenters. The van der Waals surface area contributed by atoms with Gasteiger partial charge in [0.25, 0.3) is 0 Å². The molecule has 2 heterocycles. The molecule has 2 aromatic carbocycles. The number of carbonyl (C=O) groups is 1. The first-order valence-corrected chi connectivity index (χ1v) is 11.2. The third-order valence-corrected chi connectivity index (χ3v) is 6.30. The third-order valence-electron chi connectivity index (χ3n) is 4.49. The molecule has 2 aromatic heterocycles. The van der Waals surface area contributed by atoms with E-state index in [1.54, 1.807) is 0 Å². The van der Waals surface area contributed by atoms with Gasteiger partial charge in [-0.15, -0.1) is 22.7 Å². The second-order valence-corrected chi connectivity index (χ2v) is 8.31. The number of nitrogens with zero attached hydrogens (tertiary/aromatic N) is 2. The third kappa shape index (κ3) is 4.53. The topological polar surface area (TPSA) is 64.1 Å². The highest BCUT2D eigenvalue weighted by Crippen LogP contribution is 2.31. The molecule has 0 spiro atoms. The number of ether oxygens (including phenoxy) is 1. The van der Waals surface area contributed by atoms with E-state index >= 15 is 0 Å². The summed E-state index contributed by atoms with van der Waals surface area (Å²) in [5.74, 6) is -0.121. The number of nitrogens with one attached hydrogen (secondary N) is 1. The summed E-state index contributed by atoms with van der Waals surface area (Å²) in [6.45, 7) is 4.56. The van der Waals surface area contributed by atoms with Crippen molar-refractivity contribution in [2.24, 2.45) is 0 Å². The van der Waals surface area contributed by atoms with Crippen molar-refractivity contribution in [3.8, 4) is 11.3 Å². The number of benzene rings is 2. The highest BCUT2D eigenvalue weighted by molar-refractivity contribution is 7.14. The minimum Gasteiger partial charge on any atom is -0.372 e. The fraction of sp³-hybridized carbons (Fsp3) is 0.227. The van der Waals surface area contributed by atoms with Gasteiger partial charge in [0, 0.05) is 22.9 Å². The van der Waals surface area contributed by atoms with E-state index in [0.29, 0.717) is 11.7 Å². The average molecular weight is 424 g/mol. The van der Waals surface area contributed by atoms with Crippen molar-refractivity contribution in [1.82, 2.24) is 9.97 Å². The van der Waals surface area contributed by atoms with Crippen LogP contribution in [-0.2, 0) is 16.0 Å². The van der Waals surface area contributed by atoms with Crippen LogP contribution in [0.2, 0.25) is 0 Å². The molecule has 0 aliphatic rings. The normalized spacial score (nSPS) is 12.2. The van der Waals surface area contributed by atoms with Gasteiger partial charge in [-0.05, 0) is 24.6 Å². The summed E-state index contributed by atoms with van der Waals surface area (Å²) in [6.07, 6.45) is 0.169. The lowest BCUT2D eigenvalue weighted by atomic mass is 10.0. The summed E-state index contributed by atoms with van der Waals surface area (Å²) in [5.41, 5.74) is 2.68. The van der Waals surface area contributed by atoms with Crippen molar-refractivity contribution in [3.63, 3.8) is 0 Å². The Morgan fingerprint density at radius 1 is 1.10 bits per heavy atom. The predicted octanol–water partition coefficient (Wildman–Crippen LogP) is 5.70. The maximum Gasteiger partial charge on any atom is 0.232 e. The fourth-order valence-corrected chi connectivity index (χ4v) is 4.69. The molecule has 0 aliphatic carbocycles. The molecule has 0 aliphatic heterocycles. The van der Waals surface area contributed by atoms with Crippen LogP contribution in [0, 0.1) is 0 Å². The quantitative estimate of drug-likeness (QED) is 0.414. The maximum atomic E-state index is 12.4. The lowest BCUT2D eigenvalue weighted by Crippen LogP contribution is -2.14. The van der Waals surface area contributed by atoms with E-state index in [1.165, 1.54) is 28.1 Å². The summed E-state index contributed by atoms with van der Waals surface area (Å²) in [7, 11) is 0. The molecule has 29 heavy (non-hydrogen) atoms. The summed E-state index contributed by atoms with van der Waals surface area (Å²) >= 11 is 2.95. The monoisotopic (exact) mass is 423 g/mol. The molecule has 7 heteroatoms. The van der Waals surface area contributed by atoms with Crippen LogP contribution in [-0.4, -0.2) is 22.5 Å². The van der Waals surface area contributed by atoms with Crippen LogP contribution in [0.15, 0.2) is 53.2 Å². The van der Waals surface area contributed by atoms with E-state index in [2.05, 4.69) is 39.6 Å². The molecule has 1 amide bonds. The Morgan fingerprint density at radius 2 is 1.93 bits per heavy atom. The van der Waals surface area contributed by atoms with Crippen LogP contribution in [0.25, 0.3) is 22.0 Å². The predicted molar refractivity (Wildman–Crippen MR) is 120 cm³/mol. The first-order valence-electron chi connectivity index (χ1n) is 9.43. The van der Waals surface area contributed by atoms with Crippen molar-refractivity contribution >= 4 is 44.5 Å². The zero-order chi connectivity index (χ0) is 20.2. The van der Waals surface area contributed by atoms with Crippen molar-refractivity contribution < 1.29 is 9.53 Å². The average Bonchev–Trinajstić information content (AvgIpc) is 3.37. The molecule has 0 saturated heterocycles. The number of fused-ring (bicyclic) bond motifs is 1. The largest absolute Gasteiger partial charge is 0.372 e. The lowest BCUT2D eigenvalue weighted by Gasteiger charge is -2.06. The van der Waals surface area contributed by atoms with Crippen molar-refractivity contribution in [2.45, 2.75) is 26.4 Å². The number of anilines is 1. The Bertz CT molecular complexity index is 1130. The van der Waals surface area contributed by atoms with Crippen LogP contribution in [0.4, 0.5) is 5.13 Å². The Morgan fingerprint density at radius 3 is 2.79 bits per heavy atom. The van der Waals surface area contributed by atoms with Crippen LogP contribution in [0.5, 0.6) is 0 Å². The summed E-state index contributed by atoms with van der Waals surface area (Å²) in [5, 5.41) is 10.6. The van der Waals surface area contributed by atoms with Crippen molar-refractivity contribution in [3.05, 3.63) is 63.9 Å². The van der Waals surface area contributed by atoms with E-state index in [9.17, 15) is 4.79 Å². The molecule has 0 radical (unpaired) electrons. The molecular weight excluding hydrogens is 402 g/mol. The molecule has 0 fully saturated rings. The van der Waals surface area contributed by atoms with Gasteiger partial charge in [0.1, 0.15) is 11.1 Å². The summed E-state index contributed by atoms with van der Waals surface area (Å²) in [6, 6.07) is 14.4. The van der Waals surface area contributed by atoms with Crippen LogP contribution in [0.1, 0.15) is 30.7 Å². The molecule has 4 aromatic rings. The Hall–Kier alpha value is -2.61. The Kier molecular flexibility index (Phi) is 5.99. The highest BCUT2D eigenvalue weighted by Gasteiger charge is 2.14. The molecule has 0 saturated carbocycles. The number of aromatic nitrogens is 2. The fourth-order valence-electron chi connectivity index (χ4n) is 3.14. The molecule has 1 N–H and O–H groups in total. The molecule has 4 rings (SSSR count). The zero-order valence-electron chi connectivity index (χ0n) is 16.2. The van der Waals surface area contributed by atoms with Gasteiger partial charge in [0.15, 0.2) is 5.13 Å². The molecule has 0 bridgehead atoms. The van der Waals surface area contributed by atoms with Gasteiger partial charge in [-0.2, -0.15) is 0 Å². The Balaban J connectivity index is 1.44. The number of hydrogen-bond donors (Lipinski definition) is 1. The number of hydrogen-bond acceptors (Lipinski definition) is 6. The summed E-state index contributed by atoms with van der Waals surface area (Å²) in [4.78, 5) is 21.6. The first-order chi connectivity index (χ1) is 14.1. The van der Waals surface area contributed by atoms with E-state index in [1.807, 2.05) is 42.8 Å². The molecular formula is C22H21N3O2S2. The second kappa shape index (κ2) is 8.82. The van der Waals surface area contributed by atoms with Gasteiger partial charge in [-0.25, -0.2) is 9.97 Å². The van der Waals surface area contributed by atoms with Gasteiger partial charge in [-0.3, -0.25) is 4.79 Å². The van der Waals surface area contributed by atoms with Crippen LogP contribution in [0.3, 0.4) is 0 Å². The van der Waals surface area contributed by atoms with Crippen molar-refractivity contribution in [2.75, 3.05) is 11.9 Å². The smallest absolute Gasteiger partial charge is 0.232 e. The minimum absolute atomic E-state index is 0.0518. The van der Waals surface area contributed by atoms with E-state index in [0.717, 1.165) is 27.3 Å². The van der Waals surface area contributed by atoms with Crippen LogP contribution < -0.4 is 5.32 Å². The maximum absolute atomic E-state index is 12.4. The van der Waals surface area contributed by atoms with Gasteiger partial charge in [-0.1, -0.05) is 42.5 Å². The first kappa shape index (κ1) is 19.7. The standard InChI is InChI=1S/C22H21N3O2S2/c1-3-27-14(2)21-23-16(12-28-21)11-20(26)25-22-24-19(13-29-22)18-10-6-8-15-7-4-5-9-17(15)18/h4-10,12-14H,3,11H2,1-2H3,(H,24,25,26). The molecule has 1 atom stereocenters. The zero-order valence-corrected chi connectivity index (χ0v) is 17.8. The van der Waals surface area contributed by atoms with Gasteiger partial charge in [0.2, 0.25) is 5.91 Å². The van der Waals surface area contributed by atoms with Crippen LogP contribution >= 0.6 is 22.7 Å². The van der Waals surface area contributed by atoms with Crippen molar-refractivity contribution in [1.29, 1.82) is 0 Å². The number of rotatable bonds is 7. The number of thiazole rings is 2. The second-order valence-electron chi connectivity index (χ2n) is 6.56. The van der Waals surface area contributed by atoms with Gasteiger partial charge < -0.3 is 10.1 Å². The van der Waals surface area contributed by atoms with E-state index in [-0.39, 0.29) is 18.4 Å². The number of amides is 1. The lowest BCUT2D eigenvalue weighted by molar-refractivity contribution is -0.115. The molecule has 148 valence electrons. The SMILES string of the molecule is CCOC(C)c1nc(CC(=O)Nc2nc(-c3cccc4ccccc34)cs2)cs1. The Labute approximate surface area is 177 Å². The highest BCUT2D eigenvalue weighted by atomic mass is 32.1. The molecule has 5 nitrogen and oxygen atoms in total. The number of carbonyl (C=O) groups excluding carboxylic acids is 1. The minimum atomic E-state index is -0.121. The van der Waals surface area contributed by atoms with Gasteiger partial charge in [0.05, 0.1) is 17.8 Å². The van der Waals surface area contributed by atoms with E-state index < -0.39 is 0 Å². The van der Waals surface area contributed by atoms with E-state index in [4.69, 9.17) is 4.74 Å². The van der Waals surface area contributed by atoms with Gasteiger partial charge >= 0.3 is 0 Å².